The molecule has 0 unspecified atom stereocenters. The average molecular weight is 443 g/mol. The largest absolute Gasteiger partial charge is 0.492 e. The Balaban J connectivity index is 1.31. The van der Waals surface area contributed by atoms with E-state index in [9.17, 15) is 4.39 Å². The predicted octanol–water partition coefficient (Wildman–Crippen LogP) is 5.16. The number of alkyl halides is 1. The molecule has 4 rings (SSSR count). The fourth-order valence-corrected chi connectivity index (χ4v) is 4.21. The van der Waals surface area contributed by atoms with Gasteiger partial charge in [-0.3, -0.25) is 9.88 Å². The highest BCUT2D eigenvalue weighted by molar-refractivity contribution is 7.14. The Bertz CT molecular complexity index is 958. The minimum absolute atomic E-state index is 0.590. The fraction of sp³-hybridized carbons (Fsp3) is 0.391. The number of hydrogen-bond donors (Lipinski definition) is 1. The van der Waals surface area contributed by atoms with Crippen LogP contribution in [0, 0.1) is 0 Å². The van der Waals surface area contributed by atoms with E-state index in [4.69, 9.17) is 9.47 Å². The molecule has 8 heteroatoms. The van der Waals surface area contributed by atoms with Crippen molar-refractivity contribution in [2.45, 2.75) is 25.9 Å². The van der Waals surface area contributed by atoms with E-state index < -0.39 is 6.17 Å². The number of piperidine rings is 1. The number of rotatable bonds is 9. The van der Waals surface area contributed by atoms with Crippen molar-refractivity contribution in [3.63, 3.8) is 0 Å². The Kier molecular flexibility index (Phi) is 7.32. The van der Waals surface area contributed by atoms with Gasteiger partial charge in [-0.2, -0.15) is 0 Å². The molecule has 1 fully saturated rings. The summed E-state index contributed by atoms with van der Waals surface area (Å²) in [5, 5.41) is 6.08. The summed E-state index contributed by atoms with van der Waals surface area (Å²) in [6.07, 6.45) is 4.07. The summed E-state index contributed by atoms with van der Waals surface area (Å²) >= 11 is 1.53. The minimum atomic E-state index is -0.637. The fourth-order valence-electron chi connectivity index (χ4n) is 3.48. The lowest BCUT2D eigenvalue weighted by molar-refractivity contribution is 0.132. The van der Waals surface area contributed by atoms with Crippen LogP contribution in [0.3, 0.4) is 0 Å². The third-order valence-electron chi connectivity index (χ3n) is 5.17. The van der Waals surface area contributed by atoms with E-state index in [1.54, 1.807) is 12.4 Å². The molecule has 164 valence electrons. The molecule has 0 amide bonds. The summed E-state index contributed by atoms with van der Waals surface area (Å²) in [6.45, 7) is 5.60. The third-order valence-corrected chi connectivity index (χ3v) is 5.93. The summed E-state index contributed by atoms with van der Waals surface area (Å²) in [5.41, 5.74) is 2.72. The lowest BCUT2D eigenvalue weighted by Gasteiger charge is -2.28. The zero-order valence-electron chi connectivity index (χ0n) is 17.6. The van der Waals surface area contributed by atoms with E-state index in [2.05, 4.69) is 20.2 Å². The van der Waals surface area contributed by atoms with Crippen LogP contribution in [0.25, 0.3) is 11.3 Å². The first-order valence-electron chi connectivity index (χ1n) is 10.6. The number of halogens is 1. The van der Waals surface area contributed by atoms with Gasteiger partial charge in [0.15, 0.2) is 5.13 Å². The molecular weight excluding hydrogens is 415 g/mol. The molecular formula is C23H27FN4O2S. The predicted molar refractivity (Wildman–Crippen MR) is 122 cm³/mol. The molecule has 0 aliphatic carbocycles. The van der Waals surface area contributed by atoms with Crippen molar-refractivity contribution in [3.8, 4) is 22.8 Å². The number of benzene rings is 1. The van der Waals surface area contributed by atoms with E-state index >= 15 is 0 Å². The van der Waals surface area contributed by atoms with Gasteiger partial charge in [-0.1, -0.05) is 0 Å². The second kappa shape index (κ2) is 10.5. The summed E-state index contributed by atoms with van der Waals surface area (Å²) in [5.74, 6) is 1.58. The molecule has 0 atom stereocenters. The van der Waals surface area contributed by atoms with E-state index in [1.807, 2.05) is 42.6 Å². The molecule has 6 nitrogen and oxygen atoms in total. The number of pyridine rings is 1. The first-order chi connectivity index (χ1) is 15.2. The lowest BCUT2D eigenvalue weighted by atomic mass is 10.1. The Morgan fingerprint density at radius 1 is 1.16 bits per heavy atom. The van der Waals surface area contributed by atoms with Gasteiger partial charge in [0.1, 0.15) is 30.0 Å². The maximum Gasteiger partial charge on any atom is 0.187 e. The minimum Gasteiger partial charge on any atom is -0.492 e. The van der Waals surface area contributed by atoms with E-state index in [-0.39, 0.29) is 0 Å². The van der Waals surface area contributed by atoms with Gasteiger partial charge in [-0.25, -0.2) is 9.37 Å². The van der Waals surface area contributed by atoms with Crippen molar-refractivity contribution >= 4 is 22.2 Å². The van der Waals surface area contributed by atoms with Crippen molar-refractivity contribution in [3.05, 3.63) is 48.1 Å². The molecule has 1 saturated heterocycles. The van der Waals surface area contributed by atoms with Gasteiger partial charge in [0.05, 0.1) is 18.5 Å². The van der Waals surface area contributed by atoms with Crippen LogP contribution in [0.2, 0.25) is 0 Å². The van der Waals surface area contributed by atoms with Gasteiger partial charge in [0.25, 0.3) is 0 Å². The van der Waals surface area contributed by atoms with Gasteiger partial charge in [-0.05, 0) is 44.0 Å². The van der Waals surface area contributed by atoms with Gasteiger partial charge in [0.2, 0.25) is 0 Å². The number of nitrogens with one attached hydrogen (secondary N) is 1. The monoisotopic (exact) mass is 442 g/mol. The van der Waals surface area contributed by atoms with Gasteiger partial charge in [0, 0.05) is 42.8 Å². The van der Waals surface area contributed by atoms with Crippen molar-refractivity contribution in [2.75, 3.05) is 38.2 Å². The molecule has 1 aromatic carbocycles. The summed E-state index contributed by atoms with van der Waals surface area (Å²) in [4.78, 5) is 11.1. The number of hydrogen-bond acceptors (Lipinski definition) is 7. The number of thiazole rings is 1. The Morgan fingerprint density at radius 2 is 1.97 bits per heavy atom. The van der Waals surface area contributed by atoms with Crippen molar-refractivity contribution in [2.24, 2.45) is 0 Å². The van der Waals surface area contributed by atoms with Crippen LogP contribution in [0.1, 0.15) is 19.8 Å². The molecule has 0 saturated carbocycles. The highest BCUT2D eigenvalue weighted by Gasteiger charge is 2.17. The Morgan fingerprint density at radius 3 is 2.74 bits per heavy atom. The van der Waals surface area contributed by atoms with Crippen molar-refractivity contribution < 1.29 is 13.9 Å². The molecule has 1 N–H and O–H groups in total. The van der Waals surface area contributed by atoms with Crippen molar-refractivity contribution in [1.29, 1.82) is 0 Å². The molecule has 0 radical (unpaired) electrons. The van der Waals surface area contributed by atoms with Crippen molar-refractivity contribution in [1.82, 2.24) is 14.9 Å². The number of ether oxygens (including phenoxy) is 2. The van der Waals surface area contributed by atoms with Crippen LogP contribution in [-0.4, -0.2) is 53.9 Å². The average Bonchev–Trinajstić information content (AvgIpc) is 3.26. The van der Waals surface area contributed by atoms with Crippen LogP contribution in [-0.2, 0) is 0 Å². The van der Waals surface area contributed by atoms with Gasteiger partial charge in [-0.15, -0.1) is 11.3 Å². The van der Waals surface area contributed by atoms with Crippen LogP contribution < -0.4 is 14.8 Å². The quantitative estimate of drug-likeness (QED) is 0.494. The third kappa shape index (κ3) is 5.92. The Hall–Kier alpha value is -2.71. The SMILES string of the molecule is CCOc1ccncc1Nc1nc(-c2ccc(OCCN3CCC(F)CC3)cc2)cs1. The topological polar surface area (TPSA) is 59.5 Å². The second-order valence-corrected chi connectivity index (χ2v) is 8.21. The summed E-state index contributed by atoms with van der Waals surface area (Å²) in [6, 6.07) is 9.78. The summed E-state index contributed by atoms with van der Waals surface area (Å²) in [7, 11) is 0. The molecule has 1 aliphatic rings. The zero-order valence-corrected chi connectivity index (χ0v) is 18.4. The van der Waals surface area contributed by atoms with E-state index in [1.165, 1.54) is 11.3 Å². The van der Waals surface area contributed by atoms with E-state index in [0.717, 1.165) is 53.2 Å². The highest BCUT2D eigenvalue weighted by Crippen LogP contribution is 2.31. The van der Waals surface area contributed by atoms with Crippen LogP contribution in [0.15, 0.2) is 48.1 Å². The standard InChI is InChI=1S/C23H27FN4O2S/c1-2-29-22-7-10-25-15-20(22)26-23-27-21(16-31-23)17-3-5-19(6-4-17)30-14-13-28-11-8-18(24)9-12-28/h3-7,10,15-16,18H,2,8-9,11-14H2,1H3,(H,26,27). The van der Waals surface area contributed by atoms with Crippen LogP contribution in [0.4, 0.5) is 15.2 Å². The van der Waals surface area contributed by atoms with Crippen LogP contribution in [0.5, 0.6) is 11.5 Å². The normalized spacial score (nSPS) is 15.0. The maximum atomic E-state index is 13.2. The number of likely N-dealkylation sites (tertiary alicyclic amines) is 1. The van der Waals surface area contributed by atoms with Crippen LogP contribution >= 0.6 is 11.3 Å². The number of nitrogens with zero attached hydrogens (tertiary/aromatic N) is 3. The molecule has 3 aromatic rings. The molecule has 0 bridgehead atoms. The molecule has 2 aromatic heterocycles. The zero-order chi connectivity index (χ0) is 21.5. The first kappa shape index (κ1) is 21.5. The summed E-state index contributed by atoms with van der Waals surface area (Å²) < 4.78 is 24.7. The smallest absolute Gasteiger partial charge is 0.187 e. The maximum absolute atomic E-state index is 13.2. The van der Waals surface area contributed by atoms with Gasteiger partial charge < -0.3 is 14.8 Å². The second-order valence-electron chi connectivity index (χ2n) is 7.36. The molecule has 31 heavy (non-hydrogen) atoms. The van der Waals surface area contributed by atoms with Gasteiger partial charge >= 0.3 is 0 Å². The lowest BCUT2D eigenvalue weighted by Crippen LogP contribution is -2.37. The molecule has 1 aliphatic heterocycles. The Labute approximate surface area is 186 Å². The van der Waals surface area contributed by atoms with E-state index in [0.29, 0.717) is 26.1 Å². The molecule has 0 spiro atoms. The number of aromatic nitrogens is 2. The highest BCUT2D eigenvalue weighted by atomic mass is 32.1. The number of anilines is 2. The first-order valence-corrected chi connectivity index (χ1v) is 11.5. The molecule has 3 heterocycles.